The predicted octanol–water partition coefficient (Wildman–Crippen LogP) is 6.54. The normalized spacial score (nSPS) is 12.6. The first-order chi connectivity index (χ1) is 18.6. The number of rotatable bonds is 19. The summed E-state index contributed by atoms with van der Waals surface area (Å²) in [6.07, 6.45) is 3.01. The van der Waals surface area contributed by atoms with Gasteiger partial charge in [-0.3, -0.25) is 9.13 Å². The Kier molecular flexibility index (Phi) is 14.7. The van der Waals surface area contributed by atoms with E-state index in [1.165, 1.54) is 21.3 Å². The molecule has 0 spiro atoms. The highest BCUT2D eigenvalue weighted by molar-refractivity contribution is 7.54. The first-order valence-electron chi connectivity index (χ1n) is 13.0. The molecule has 2 aromatic carbocycles. The molecule has 1 N–H and O–H groups in total. The summed E-state index contributed by atoms with van der Waals surface area (Å²) in [5.41, 5.74) is 5.68. The smallest absolute Gasteiger partial charge is 0.392 e. The van der Waals surface area contributed by atoms with Gasteiger partial charge in [-0.2, -0.15) is 0 Å². The van der Waals surface area contributed by atoms with Crippen molar-refractivity contribution in [1.29, 1.82) is 0 Å². The molecule has 0 bridgehead atoms. The number of hydrogen-bond donors (Lipinski definition) is 1. The zero-order valence-electron chi connectivity index (χ0n) is 23.6. The molecule has 9 nitrogen and oxygen atoms in total. The van der Waals surface area contributed by atoms with Crippen LogP contribution in [-0.2, 0) is 68.6 Å². The third-order valence-corrected chi connectivity index (χ3v) is 11.1. The molecule has 0 fully saturated rings. The van der Waals surface area contributed by atoms with Crippen molar-refractivity contribution < 1.29 is 41.4 Å². The minimum Gasteiger partial charge on any atom is -0.392 e. The highest BCUT2D eigenvalue weighted by atomic mass is 31.2. The van der Waals surface area contributed by atoms with Gasteiger partial charge in [-0.25, -0.2) is 0 Å². The van der Waals surface area contributed by atoms with E-state index in [1.54, 1.807) is 13.8 Å². The van der Waals surface area contributed by atoms with Crippen molar-refractivity contribution in [2.45, 2.75) is 46.1 Å². The van der Waals surface area contributed by atoms with Crippen LogP contribution < -0.4 is 0 Å². The van der Waals surface area contributed by atoms with Gasteiger partial charge in [-0.1, -0.05) is 36.4 Å². The van der Waals surface area contributed by atoms with Gasteiger partial charge >= 0.3 is 23.2 Å². The lowest BCUT2D eigenvalue weighted by Gasteiger charge is -2.17. The van der Waals surface area contributed by atoms with Gasteiger partial charge in [0.1, 0.15) is 0 Å². The van der Waals surface area contributed by atoms with Crippen LogP contribution in [0.15, 0.2) is 36.4 Å². The lowest BCUT2D eigenvalue weighted by Crippen LogP contribution is -2.04. The summed E-state index contributed by atoms with van der Waals surface area (Å²) in [4.78, 5) is 0. The van der Waals surface area contributed by atoms with E-state index in [2.05, 4.69) is 12.1 Å². The Morgan fingerprint density at radius 2 is 1.13 bits per heavy atom. The van der Waals surface area contributed by atoms with Crippen molar-refractivity contribution in [2.24, 2.45) is 0 Å². The van der Waals surface area contributed by atoms with Crippen LogP contribution in [0.1, 0.15) is 47.2 Å². The third-order valence-electron chi connectivity index (χ3n) is 6.16. The van der Waals surface area contributed by atoms with Crippen molar-refractivity contribution in [2.75, 3.05) is 53.0 Å². The van der Waals surface area contributed by atoms with Crippen LogP contribution in [0.2, 0.25) is 0 Å². The lowest BCUT2D eigenvalue weighted by molar-refractivity contribution is 0.220. The summed E-state index contributed by atoms with van der Waals surface area (Å²) < 4.78 is 63.4. The van der Waals surface area contributed by atoms with E-state index in [4.69, 9.17) is 22.6 Å². The Morgan fingerprint density at radius 3 is 1.59 bits per heavy atom. The fourth-order valence-electron chi connectivity index (χ4n) is 4.30. The Balaban J connectivity index is 2.33. The summed E-state index contributed by atoms with van der Waals surface area (Å²) in [7, 11) is -3.91. The van der Waals surface area contributed by atoms with Gasteiger partial charge in [0.05, 0.1) is 39.3 Å². The first-order valence-corrected chi connectivity index (χ1v) is 17.8. The SMILES string of the molecule is CCOP(=O)(CCc1cc(CO)cc(Cc2cc(CC[P+](=O)OC)cc(CCP(=O)(OC)OC)c2)c1)OCC. The molecule has 0 amide bonds. The molecule has 2 aromatic rings. The second kappa shape index (κ2) is 16.9. The molecule has 0 aliphatic carbocycles. The van der Waals surface area contributed by atoms with Gasteiger partial charge in [-0.15, -0.1) is 4.52 Å². The predicted molar refractivity (Wildman–Crippen MR) is 154 cm³/mol. The van der Waals surface area contributed by atoms with E-state index in [-0.39, 0.29) is 18.9 Å². The molecule has 0 saturated heterocycles. The fraction of sp³-hybridized carbons (Fsp3) is 0.556. The largest absolute Gasteiger partial charge is 0.508 e. The highest BCUT2D eigenvalue weighted by Crippen LogP contribution is 2.48. The molecule has 2 rings (SSSR count). The van der Waals surface area contributed by atoms with E-state index in [1.807, 2.05) is 24.3 Å². The maximum Gasteiger partial charge on any atom is 0.508 e. The summed E-state index contributed by atoms with van der Waals surface area (Å²) >= 11 is 0. The van der Waals surface area contributed by atoms with Gasteiger partial charge < -0.3 is 23.2 Å². The van der Waals surface area contributed by atoms with Crippen molar-refractivity contribution in [3.05, 3.63) is 69.8 Å². The molecule has 12 heteroatoms. The van der Waals surface area contributed by atoms with Crippen molar-refractivity contribution >= 4 is 23.2 Å². The van der Waals surface area contributed by atoms with Gasteiger partial charge in [-0.05, 0) is 71.1 Å². The number of aryl methyl sites for hydroxylation is 3. The van der Waals surface area contributed by atoms with Gasteiger partial charge in [0.2, 0.25) is 0 Å². The molecule has 0 aliphatic rings. The molecule has 0 radical (unpaired) electrons. The minimum absolute atomic E-state index is 0.117. The summed E-state index contributed by atoms with van der Waals surface area (Å²) in [6.45, 7) is 4.07. The quantitative estimate of drug-likeness (QED) is 0.179. The van der Waals surface area contributed by atoms with E-state index in [0.29, 0.717) is 45.1 Å². The molecular weight excluding hydrogens is 561 g/mol. The Hall–Kier alpha value is -1.24. The van der Waals surface area contributed by atoms with Crippen LogP contribution in [0.5, 0.6) is 0 Å². The topological polar surface area (TPSA) is 118 Å². The number of benzene rings is 2. The molecule has 39 heavy (non-hydrogen) atoms. The third kappa shape index (κ3) is 11.6. The van der Waals surface area contributed by atoms with Crippen LogP contribution in [0, 0.1) is 0 Å². The molecule has 0 heterocycles. The van der Waals surface area contributed by atoms with E-state index >= 15 is 0 Å². The maximum absolute atomic E-state index is 12.9. The molecule has 1 atom stereocenters. The standard InChI is InChI=1S/C27H42O9P3/c1-6-35-39(31,36-7-2)13-10-24-17-26(20-27(18-24)21-28)19-25-15-22(8-11-37(29)32-3)14-23(16-25)9-12-38(30,33-4)34-5/h14-18,20,28H,6-13,19,21H2,1-5H3/q+1. The van der Waals surface area contributed by atoms with Crippen molar-refractivity contribution in [1.82, 2.24) is 0 Å². The fourth-order valence-corrected chi connectivity index (χ4v) is 7.62. The average molecular weight is 604 g/mol. The molecule has 1 unspecified atom stereocenters. The highest BCUT2D eigenvalue weighted by Gasteiger charge is 2.24. The van der Waals surface area contributed by atoms with Crippen molar-refractivity contribution in [3.63, 3.8) is 0 Å². The second-order valence-corrected chi connectivity index (χ2v) is 15.1. The number of aliphatic hydroxyl groups excluding tert-OH is 1. The minimum atomic E-state index is -3.19. The van der Waals surface area contributed by atoms with Crippen LogP contribution in [0.25, 0.3) is 0 Å². The van der Waals surface area contributed by atoms with Crippen LogP contribution in [0.3, 0.4) is 0 Å². The van der Waals surface area contributed by atoms with E-state index in [9.17, 15) is 18.8 Å². The molecule has 218 valence electrons. The van der Waals surface area contributed by atoms with E-state index < -0.39 is 23.2 Å². The molecule has 0 aliphatic heterocycles. The Morgan fingerprint density at radius 1 is 0.692 bits per heavy atom. The van der Waals surface area contributed by atoms with Crippen molar-refractivity contribution in [3.8, 4) is 0 Å². The van der Waals surface area contributed by atoms with Crippen LogP contribution in [0.4, 0.5) is 0 Å². The zero-order valence-corrected chi connectivity index (χ0v) is 26.3. The Bertz CT molecular complexity index is 1150. The van der Waals surface area contributed by atoms with Crippen LogP contribution in [-0.4, -0.2) is 58.1 Å². The molecular formula is C27H42O9P3+. The van der Waals surface area contributed by atoms with Gasteiger partial charge in [0.15, 0.2) is 6.16 Å². The second-order valence-electron chi connectivity index (χ2n) is 9.01. The number of aliphatic hydroxyl groups is 1. The van der Waals surface area contributed by atoms with E-state index in [0.717, 1.165) is 33.4 Å². The summed E-state index contributed by atoms with van der Waals surface area (Å²) in [5.74, 6) is 0. The van der Waals surface area contributed by atoms with Gasteiger partial charge in [0.25, 0.3) is 0 Å². The van der Waals surface area contributed by atoms with Gasteiger partial charge in [0, 0.05) is 20.6 Å². The average Bonchev–Trinajstić information content (AvgIpc) is 2.93. The lowest BCUT2D eigenvalue weighted by atomic mass is 9.95. The number of hydrogen-bond acceptors (Lipinski definition) is 9. The summed E-state index contributed by atoms with van der Waals surface area (Å²) in [6, 6.07) is 12.0. The summed E-state index contributed by atoms with van der Waals surface area (Å²) in [5, 5.41) is 9.88. The monoisotopic (exact) mass is 603 g/mol. The maximum atomic E-state index is 12.9. The Labute approximate surface area is 233 Å². The molecule has 0 aromatic heterocycles. The zero-order chi connectivity index (χ0) is 28.9. The molecule has 0 saturated carbocycles. The van der Waals surface area contributed by atoms with Crippen LogP contribution >= 0.6 is 23.2 Å². The first kappa shape index (κ1) is 34.0.